The number of allylic oxidation sites excluding steroid dienone is 2. The van der Waals surface area contributed by atoms with Gasteiger partial charge in [0.25, 0.3) is 5.69 Å². The van der Waals surface area contributed by atoms with Gasteiger partial charge in [0.15, 0.2) is 0 Å². The minimum absolute atomic E-state index is 0.0441. The summed E-state index contributed by atoms with van der Waals surface area (Å²) in [5.41, 5.74) is 2.20. The average Bonchev–Trinajstić information content (AvgIpc) is 2.87. The lowest BCUT2D eigenvalue weighted by Gasteiger charge is -2.31. The number of hydrogen-bond acceptors (Lipinski definition) is 9. The zero-order valence-electron chi connectivity index (χ0n) is 21.7. The molecular formula is C27H30N4O7. The molecule has 3 rings (SSSR count). The van der Waals surface area contributed by atoms with Crippen LogP contribution in [0.3, 0.4) is 0 Å². The van der Waals surface area contributed by atoms with Gasteiger partial charge in [-0.05, 0) is 38.8 Å². The number of nitro benzene ring substituents is 1. The number of nitrogens with one attached hydrogen (secondary N) is 1. The Morgan fingerprint density at radius 2 is 1.71 bits per heavy atom. The quantitative estimate of drug-likeness (QED) is 0.195. The standard InChI is InChI=1S/C27H30N4O7/c1-17(2)38-27(33)24-19(4)28-18(3)23(25(24)21-11-8-12-22(15-21)31(35)36)26(32)37-14-13-30(29-34)16-20-9-6-5-7-10-20/h5-12,15,17,25,28H,13-14,16H2,1-4H3. The van der Waals surface area contributed by atoms with Gasteiger partial charge in [-0.3, -0.25) is 15.1 Å². The Kier molecular flexibility index (Phi) is 9.31. The summed E-state index contributed by atoms with van der Waals surface area (Å²) in [4.78, 5) is 48.7. The van der Waals surface area contributed by atoms with Crippen LogP contribution in [0.5, 0.6) is 0 Å². The van der Waals surface area contributed by atoms with E-state index in [9.17, 15) is 24.6 Å². The number of dihydropyridines is 1. The molecule has 0 fully saturated rings. The molecule has 1 heterocycles. The van der Waals surface area contributed by atoms with Crippen molar-refractivity contribution in [1.29, 1.82) is 0 Å². The number of non-ortho nitro benzene ring substituents is 1. The Balaban J connectivity index is 1.88. The average molecular weight is 523 g/mol. The van der Waals surface area contributed by atoms with Crippen LogP contribution in [0.15, 0.2) is 82.4 Å². The van der Waals surface area contributed by atoms with Crippen LogP contribution in [0.4, 0.5) is 5.69 Å². The summed E-state index contributed by atoms with van der Waals surface area (Å²) in [6, 6.07) is 15.0. The largest absolute Gasteiger partial charge is 0.460 e. The summed E-state index contributed by atoms with van der Waals surface area (Å²) in [5, 5.41) is 18.7. The van der Waals surface area contributed by atoms with Crippen molar-refractivity contribution in [2.45, 2.75) is 46.3 Å². The first-order valence-corrected chi connectivity index (χ1v) is 12.1. The molecule has 2 aromatic carbocycles. The minimum atomic E-state index is -0.973. The molecule has 38 heavy (non-hydrogen) atoms. The number of benzene rings is 2. The minimum Gasteiger partial charge on any atom is -0.460 e. The number of nitro groups is 1. The van der Waals surface area contributed by atoms with E-state index in [1.807, 2.05) is 30.3 Å². The number of carbonyl (C=O) groups is 2. The number of nitroso groups, excluding NO2 is 1. The lowest BCUT2D eigenvalue weighted by Crippen LogP contribution is -2.33. The predicted molar refractivity (Wildman–Crippen MR) is 139 cm³/mol. The van der Waals surface area contributed by atoms with Crippen LogP contribution in [-0.4, -0.2) is 41.1 Å². The van der Waals surface area contributed by atoms with Crippen LogP contribution in [0.1, 0.15) is 44.7 Å². The molecule has 0 bridgehead atoms. The molecule has 1 aliphatic heterocycles. The fourth-order valence-electron chi connectivity index (χ4n) is 4.23. The van der Waals surface area contributed by atoms with E-state index in [1.54, 1.807) is 33.8 Å². The molecule has 11 nitrogen and oxygen atoms in total. The molecule has 0 spiro atoms. The number of ether oxygens (including phenoxy) is 2. The van der Waals surface area contributed by atoms with Gasteiger partial charge in [0.05, 0.1) is 46.5 Å². The molecule has 0 saturated carbocycles. The maximum absolute atomic E-state index is 13.4. The SMILES string of the molecule is CC1=C(C(=O)OCCN(Cc2ccccc2)N=O)C(c2cccc([N+](=O)[O-])c2)C(C(=O)OC(C)C)=C(C)N1. The molecular weight excluding hydrogens is 492 g/mol. The third-order valence-corrected chi connectivity index (χ3v) is 5.86. The number of esters is 2. The third kappa shape index (κ3) is 6.81. The summed E-state index contributed by atoms with van der Waals surface area (Å²) in [5.74, 6) is -2.36. The van der Waals surface area contributed by atoms with Gasteiger partial charge in [-0.25, -0.2) is 9.59 Å². The van der Waals surface area contributed by atoms with Crippen molar-refractivity contribution in [1.82, 2.24) is 10.3 Å². The van der Waals surface area contributed by atoms with Crippen LogP contribution in [0, 0.1) is 15.0 Å². The van der Waals surface area contributed by atoms with Gasteiger partial charge >= 0.3 is 11.9 Å². The van der Waals surface area contributed by atoms with Gasteiger partial charge < -0.3 is 14.8 Å². The summed E-state index contributed by atoms with van der Waals surface area (Å²) < 4.78 is 10.9. The second-order valence-corrected chi connectivity index (χ2v) is 9.03. The number of rotatable bonds is 11. The smallest absolute Gasteiger partial charge is 0.337 e. The van der Waals surface area contributed by atoms with Crippen molar-refractivity contribution in [3.05, 3.63) is 103 Å². The molecule has 1 atom stereocenters. The summed E-state index contributed by atoms with van der Waals surface area (Å²) in [6.45, 7) is 6.87. The number of hydrogen-bond donors (Lipinski definition) is 1. The van der Waals surface area contributed by atoms with E-state index in [0.717, 1.165) is 5.56 Å². The van der Waals surface area contributed by atoms with Crippen molar-refractivity contribution < 1.29 is 24.0 Å². The van der Waals surface area contributed by atoms with Gasteiger partial charge in [0.1, 0.15) is 6.61 Å². The Labute approximate surface area is 220 Å². The van der Waals surface area contributed by atoms with E-state index < -0.39 is 28.9 Å². The van der Waals surface area contributed by atoms with E-state index in [2.05, 4.69) is 10.6 Å². The highest BCUT2D eigenvalue weighted by atomic mass is 16.6. The molecule has 0 aliphatic carbocycles. The fraction of sp³-hybridized carbons (Fsp3) is 0.333. The highest BCUT2D eigenvalue weighted by Gasteiger charge is 2.38. The van der Waals surface area contributed by atoms with Gasteiger partial charge in [-0.1, -0.05) is 42.5 Å². The van der Waals surface area contributed by atoms with Crippen molar-refractivity contribution in [3.63, 3.8) is 0 Å². The highest BCUT2D eigenvalue weighted by Crippen LogP contribution is 2.40. The molecule has 0 radical (unpaired) electrons. The van der Waals surface area contributed by atoms with Crippen molar-refractivity contribution in [3.8, 4) is 0 Å². The summed E-state index contributed by atoms with van der Waals surface area (Å²) in [7, 11) is 0. The number of carbonyl (C=O) groups excluding carboxylic acids is 2. The number of nitrogens with zero attached hydrogens (tertiary/aromatic N) is 3. The van der Waals surface area contributed by atoms with Crippen molar-refractivity contribution in [2.75, 3.05) is 13.2 Å². The zero-order chi connectivity index (χ0) is 27.8. The second-order valence-electron chi connectivity index (χ2n) is 9.03. The zero-order valence-corrected chi connectivity index (χ0v) is 21.7. The lowest BCUT2D eigenvalue weighted by atomic mass is 9.80. The van der Waals surface area contributed by atoms with Crippen molar-refractivity contribution in [2.24, 2.45) is 5.29 Å². The summed E-state index contributed by atoms with van der Waals surface area (Å²) >= 11 is 0. The van der Waals surface area contributed by atoms with Crippen LogP contribution in [0.25, 0.3) is 0 Å². The molecule has 2 aromatic rings. The third-order valence-electron chi connectivity index (χ3n) is 5.86. The van der Waals surface area contributed by atoms with Gasteiger partial charge in [0.2, 0.25) is 0 Å². The first-order chi connectivity index (χ1) is 18.1. The molecule has 1 aliphatic rings. The Morgan fingerprint density at radius 3 is 2.32 bits per heavy atom. The molecule has 1 unspecified atom stereocenters. The van der Waals surface area contributed by atoms with Crippen LogP contribution >= 0.6 is 0 Å². The lowest BCUT2D eigenvalue weighted by molar-refractivity contribution is -0.384. The normalized spacial score (nSPS) is 15.1. The van der Waals surface area contributed by atoms with Gasteiger partial charge in [0, 0.05) is 23.5 Å². The van der Waals surface area contributed by atoms with Gasteiger partial charge in [-0.15, -0.1) is 4.91 Å². The highest BCUT2D eigenvalue weighted by molar-refractivity contribution is 6.00. The molecule has 200 valence electrons. The summed E-state index contributed by atoms with van der Waals surface area (Å²) in [6.07, 6.45) is -0.428. The van der Waals surface area contributed by atoms with Crippen LogP contribution in [-0.2, 0) is 25.6 Å². The molecule has 0 aromatic heterocycles. The maximum atomic E-state index is 13.4. The van der Waals surface area contributed by atoms with Gasteiger partial charge in [-0.2, -0.15) is 0 Å². The monoisotopic (exact) mass is 522 g/mol. The van der Waals surface area contributed by atoms with Crippen LogP contribution < -0.4 is 5.32 Å². The predicted octanol–water partition coefficient (Wildman–Crippen LogP) is 4.51. The fourth-order valence-corrected chi connectivity index (χ4v) is 4.23. The Bertz CT molecular complexity index is 1270. The van der Waals surface area contributed by atoms with Crippen molar-refractivity contribution >= 4 is 17.6 Å². The first-order valence-electron chi connectivity index (χ1n) is 12.1. The molecule has 0 saturated heterocycles. The van der Waals surface area contributed by atoms with E-state index >= 15 is 0 Å². The van der Waals surface area contributed by atoms with Crippen LogP contribution in [0.2, 0.25) is 0 Å². The molecule has 1 N–H and O–H groups in total. The van der Waals surface area contributed by atoms with E-state index in [0.29, 0.717) is 17.0 Å². The van der Waals surface area contributed by atoms with E-state index in [-0.39, 0.29) is 36.5 Å². The second kappa shape index (κ2) is 12.6. The topological polar surface area (TPSA) is 140 Å². The maximum Gasteiger partial charge on any atom is 0.337 e. The Hall–Kier alpha value is -4.54. The first kappa shape index (κ1) is 28.0. The Morgan fingerprint density at radius 1 is 1.05 bits per heavy atom. The molecule has 0 amide bonds. The molecule has 11 heteroatoms. The van der Waals surface area contributed by atoms with E-state index in [1.165, 1.54) is 23.2 Å². The van der Waals surface area contributed by atoms with E-state index in [4.69, 9.17) is 9.47 Å².